The lowest BCUT2D eigenvalue weighted by Gasteiger charge is -2.16. The van der Waals surface area contributed by atoms with Gasteiger partial charge in [0.2, 0.25) is 0 Å². The quantitative estimate of drug-likeness (QED) is 0.305. The van der Waals surface area contributed by atoms with Crippen LogP contribution in [0.2, 0.25) is 0 Å². The number of anilines is 1. The Kier molecular flexibility index (Phi) is 11.3. The second-order valence-electron chi connectivity index (χ2n) is 7.10. The second kappa shape index (κ2) is 13.9. The topological polar surface area (TPSA) is 63.1 Å². The molecule has 0 fully saturated rings. The molecule has 5 heteroatoms. The van der Waals surface area contributed by atoms with E-state index in [2.05, 4.69) is 43.5 Å². The fourth-order valence-corrected chi connectivity index (χ4v) is 3.11. The van der Waals surface area contributed by atoms with Crippen LogP contribution in [0.4, 0.5) is 5.69 Å². The van der Waals surface area contributed by atoms with E-state index in [0.29, 0.717) is 22.7 Å². The highest BCUT2D eigenvalue weighted by Crippen LogP contribution is 2.25. The SMILES string of the molecule is C=C/C=C\C(=C/C=C)C(=O)NC(=C/C)/C(C)=C(\C=C)c1cc(N/C(C=C)=C/C=C)c(=O)n(C)c1. The molecule has 1 rings (SSSR count). The molecular formula is C29H33N3O2. The van der Waals surface area contributed by atoms with Crippen LogP contribution < -0.4 is 16.2 Å². The van der Waals surface area contributed by atoms with Crippen molar-refractivity contribution in [3.8, 4) is 0 Å². The number of hydrogen-bond donors (Lipinski definition) is 2. The number of nitrogens with zero attached hydrogens (tertiary/aromatic N) is 1. The molecule has 0 bridgehead atoms. The van der Waals surface area contributed by atoms with Crippen molar-refractivity contribution in [2.24, 2.45) is 7.05 Å². The molecule has 0 saturated carbocycles. The Morgan fingerprint density at radius 1 is 1.03 bits per heavy atom. The van der Waals surface area contributed by atoms with E-state index >= 15 is 0 Å². The van der Waals surface area contributed by atoms with Crippen molar-refractivity contribution in [3.63, 3.8) is 0 Å². The predicted octanol–water partition coefficient (Wildman–Crippen LogP) is 5.89. The van der Waals surface area contributed by atoms with Gasteiger partial charge in [-0.15, -0.1) is 0 Å². The van der Waals surface area contributed by atoms with Gasteiger partial charge in [-0.3, -0.25) is 9.59 Å². The molecule has 1 aromatic heterocycles. The van der Waals surface area contributed by atoms with E-state index in [1.807, 2.05) is 19.9 Å². The molecular weight excluding hydrogens is 422 g/mol. The summed E-state index contributed by atoms with van der Waals surface area (Å²) >= 11 is 0. The molecule has 0 aliphatic rings. The zero-order valence-corrected chi connectivity index (χ0v) is 20.2. The summed E-state index contributed by atoms with van der Waals surface area (Å²) in [5.41, 5.74) is 4.15. The number of pyridine rings is 1. The number of carbonyl (C=O) groups excluding carboxylic acids is 1. The third kappa shape index (κ3) is 7.35. The molecule has 34 heavy (non-hydrogen) atoms. The fourth-order valence-electron chi connectivity index (χ4n) is 3.11. The number of carbonyl (C=O) groups is 1. The molecule has 0 aliphatic heterocycles. The maximum absolute atomic E-state index is 12.8. The van der Waals surface area contributed by atoms with Gasteiger partial charge in [0, 0.05) is 35.8 Å². The van der Waals surface area contributed by atoms with Crippen LogP contribution in [0.15, 0.2) is 133 Å². The van der Waals surface area contributed by atoms with Crippen molar-refractivity contribution < 1.29 is 4.79 Å². The van der Waals surface area contributed by atoms with Crippen LogP contribution in [0.25, 0.3) is 5.57 Å². The van der Waals surface area contributed by atoms with Crippen molar-refractivity contribution >= 4 is 17.2 Å². The standard InChI is InChI=1S/C29H33N3O2/c1-9-15-18-22(16-10-2)28(33)31-26(14-6)21(7)25(13-5)23-19-27(29(34)32(8)20-23)30-24(12-4)17-11-3/h9-20,30H,1-5H2,6-8H3,(H,31,33)/b18-15-,22-16+,24-17+,25-21+,26-14+. The van der Waals surface area contributed by atoms with E-state index in [1.54, 1.807) is 74.0 Å². The zero-order valence-electron chi connectivity index (χ0n) is 20.2. The molecule has 0 radical (unpaired) electrons. The van der Waals surface area contributed by atoms with Gasteiger partial charge in [0.1, 0.15) is 5.69 Å². The summed E-state index contributed by atoms with van der Waals surface area (Å²) in [6, 6.07) is 1.74. The summed E-state index contributed by atoms with van der Waals surface area (Å²) in [5, 5.41) is 6.03. The summed E-state index contributed by atoms with van der Waals surface area (Å²) in [6.07, 6.45) is 18.3. The first-order valence-corrected chi connectivity index (χ1v) is 10.6. The molecule has 0 spiro atoms. The lowest BCUT2D eigenvalue weighted by Crippen LogP contribution is -2.25. The van der Waals surface area contributed by atoms with Gasteiger partial charge in [-0.05, 0) is 49.3 Å². The van der Waals surface area contributed by atoms with Crippen LogP contribution in [-0.4, -0.2) is 10.5 Å². The molecule has 1 amide bonds. The first-order valence-electron chi connectivity index (χ1n) is 10.6. The molecule has 0 saturated heterocycles. The van der Waals surface area contributed by atoms with Gasteiger partial charge in [-0.2, -0.15) is 0 Å². The molecule has 0 aliphatic carbocycles. The fraction of sp³-hybridized carbons (Fsp3) is 0.103. The average molecular weight is 456 g/mol. The first kappa shape index (κ1) is 27.7. The second-order valence-corrected chi connectivity index (χ2v) is 7.10. The van der Waals surface area contributed by atoms with E-state index < -0.39 is 0 Å². The van der Waals surface area contributed by atoms with Gasteiger partial charge in [0.25, 0.3) is 11.5 Å². The Morgan fingerprint density at radius 2 is 1.71 bits per heavy atom. The summed E-state index contributed by atoms with van der Waals surface area (Å²) < 4.78 is 1.49. The number of aryl methyl sites for hydroxylation is 1. The highest BCUT2D eigenvalue weighted by Gasteiger charge is 2.14. The largest absolute Gasteiger partial charge is 0.351 e. The molecule has 0 unspecified atom stereocenters. The van der Waals surface area contributed by atoms with Crippen LogP contribution in [0, 0.1) is 0 Å². The van der Waals surface area contributed by atoms with Crippen LogP contribution in [0.5, 0.6) is 0 Å². The Balaban J connectivity index is 3.53. The molecule has 2 N–H and O–H groups in total. The molecule has 0 atom stereocenters. The number of amides is 1. The lowest BCUT2D eigenvalue weighted by molar-refractivity contribution is -0.116. The number of aromatic nitrogens is 1. The van der Waals surface area contributed by atoms with Crippen molar-refractivity contribution in [2.75, 3.05) is 5.32 Å². The monoisotopic (exact) mass is 455 g/mol. The van der Waals surface area contributed by atoms with Gasteiger partial charge in [0.05, 0.1) is 0 Å². The molecule has 1 heterocycles. The summed E-state index contributed by atoms with van der Waals surface area (Å²) in [4.78, 5) is 25.5. The van der Waals surface area contributed by atoms with Crippen molar-refractivity contribution in [1.29, 1.82) is 0 Å². The van der Waals surface area contributed by atoms with Gasteiger partial charge in [-0.1, -0.05) is 75.4 Å². The van der Waals surface area contributed by atoms with Gasteiger partial charge in [0.15, 0.2) is 0 Å². The van der Waals surface area contributed by atoms with Crippen LogP contribution in [-0.2, 0) is 11.8 Å². The number of rotatable bonds is 12. The molecule has 5 nitrogen and oxygen atoms in total. The normalized spacial score (nSPS) is 13.1. The highest BCUT2D eigenvalue weighted by molar-refractivity contribution is 5.98. The van der Waals surface area contributed by atoms with Crippen LogP contribution in [0.3, 0.4) is 0 Å². The van der Waals surface area contributed by atoms with Crippen LogP contribution in [0.1, 0.15) is 19.4 Å². The van der Waals surface area contributed by atoms with Gasteiger partial charge in [-0.25, -0.2) is 0 Å². The van der Waals surface area contributed by atoms with E-state index in [4.69, 9.17) is 0 Å². The minimum atomic E-state index is -0.290. The van der Waals surface area contributed by atoms with Gasteiger partial charge >= 0.3 is 0 Å². The average Bonchev–Trinajstić information content (AvgIpc) is 2.82. The number of nitrogens with one attached hydrogen (secondary N) is 2. The predicted molar refractivity (Wildman–Crippen MR) is 146 cm³/mol. The lowest BCUT2D eigenvalue weighted by atomic mass is 9.99. The third-order valence-electron chi connectivity index (χ3n) is 4.81. The Bertz CT molecular complexity index is 1200. The Labute approximate surface area is 202 Å². The minimum Gasteiger partial charge on any atom is -0.351 e. The van der Waals surface area contributed by atoms with E-state index in [1.165, 1.54) is 4.57 Å². The molecule has 176 valence electrons. The summed E-state index contributed by atoms with van der Waals surface area (Å²) in [7, 11) is 1.68. The molecule has 1 aromatic rings. The summed E-state index contributed by atoms with van der Waals surface area (Å²) in [6.45, 7) is 22.4. The van der Waals surface area contributed by atoms with Crippen molar-refractivity contribution in [3.05, 3.63) is 144 Å². The third-order valence-corrected chi connectivity index (χ3v) is 4.81. The first-order chi connectivity index (χ1) is 16.3. The van der Waals surface area contributed by atoms with E-state index in [9.17, 15) is 9.59 Å². The van der Waals surface area contributed by atoms with E-state index in [-0.39, 0.29) is 11.5 Å². The maximum Gasteiger partial charge on any atom is 0.274 e. The molecule has 0 aromatic carbocycles. The van der Waals surface area contributed by atoms with Crippen molar-refractivity contribution in [1.82, 2.24) is 9.88 Å². The summed E-state index contributed by atoms with van der Waals surface area (Å²) in [5.74, 6) is -0.290. The Hall–Kier alpha value is -4.38. The zero-order chi connectivity index (χ0) is 25.7. The van der Waals surface area contributed by atoms with Crippen molar-refractivity contribution in [2.45, 2.75) is 13.8 Å². The number of hydrogen-bond acceptors (Lipinski definition) is 3. The smallest absolute Gasteiger partial charge is 0.274 e. The highest BCUT2D eigenvalue weighted by atomic mass is 16.1. The van der Waals surface area contributed by atoms with E-state index in [0.717, 1.165) is 16.7 Å². The van der Waals surface area contributed by atoms with Crippen LogP contribution >= 0.6 is 0 Å². The number of allylic oxidation sites excluding steroid dienone is 11. The maximum atomic E-state index is 12.8. The van der Waals surface area contributed by atoms with Gasteiger partial charge < -0.3 is 15.2 Å². The Morgan fingerprint density at radius 3 is 2.24 bits per heavy atom. The minimum absolute atomic E-state index is 0.200.